The lowest BCUT2D eigenvalue weighted by Crippen LogP contribution is -2.32. The van der Waals surface area contributed by atoms with Crippen molar-refractivity contribution in [2.75, 3.05) is 13.1 Å². The van der Waals surface area contributed by atoms with Crippen molar-refractivity contribution in [3.8, 4) is 0 Å². The van der Waals surface area contributed by atoms with Gasteiger partial charge in [-0.15, -0.1) is 0 Å². The number of carboxylic acids is 1. The molecule has 1 unspecified atom stereocenters. The number of likely N-dealkylation sites (tertiary alicyclic amines) is 1. The van der Waals surface area contributed by atoms with Gasteiger partial charge in [-0.1, -0.05) is 0 Å². The number of amides is 1. The van der Waals surface area contributed by atoms with Gasteiger partial charge in [0.2, 0.25) is 0 Å². The lowest BCUT2D eigenvalue weighted by atomic mass is 10.0. The maximum atomic E-state index is 12.3. The second kappa shape index (κ2) is 5.90. The van der Waals surface area contributed by atoms with E-state index in [1.165, 1.54) is 12.3 Å². The maximum Gasteiger partial charge on any atom is 0.303 e. The monoisotopic (exact) mass is 278 g/mol. The highest BCUT2D eigenvalue weighted by atomic mass is 16.4. The third-order valence-electron chi connectivity index (χ3n) is 3.63. The third kappa shape index (κ3) is 3.26. The topological polar surface area (TPSA) is 90.5 Å². The van der Waals surface area contributed by atoms with Gasteiger partial charge in [0.25, 0.3) is 5.91 Å². The molecule has 20 heavy (non-hydrogen) atoms. The number of carbonyl (C=O) groups is 2. The van der Waals surface area contributed by atoms with E-state index in [4.69, 9.17) is 5.11 Å². The first-order valence-electron chi connectivity index (χ1n) is 6.68. The Kier molecular flexibility index (Phi) is 4.22. The van der Waals surface area contributed by atoms with E-state index in [1.807, 2.05) is 0 Å². The number of aromatic amines is 1. The molecule has 0 radical (unpaired) electrons. The highest BCUT2D eigenvalue weighted by molar-refractivity contribution is 5.94. The summed E-state index contributed by atoms with van der Waals surface area (Å²) >= 11 is 0. The molecule has 1 aliphatic heterocycles. The number of nitrogens with zero attached hydrogens (tertiary/aromatic N) is 1. The van der Waals surface area contributed by atoms with E-state index in [-0.39, 0.29) is 29.2 Å². The number of carbonyl (C=O) groups excluding carboxylic acids is 1. The lowest BCUT2D eigenvalue weighted by molar-refractivity contribution is -0.137. The Hall–Kier alpha value is -2.11. The van der Waals surface area contributed by atoms with Gasteiger partial charge in [-0.3, -0.25) is 14.4 Å². The zero-order chi connectivity index (χ0) is 14.7. The van der Waals surface area contributed by atoms with Gasteiger partial charge in [-0.25, -0.2) is 0 Å². The molecule has 1 aliphatic rings. The molecule has 0 bridgehead atoms. The number of H-pyrrole nitrogens is 1. The molecule has 0 aromatic carbocycles. The molecule has 6 nitrogen and oxygen atoms in total. The van der Waals surface area contributed by atoms with Crippen molar-refractivity contribution in [1.29, 1.82) is 0 Å². The Labute approximate surface area is 116 Å². The van der Waals surface area contributed by atoms with Crippen molar-refractivity contribution in [1.82, 2.24) is 9.88 Å². The molecule has 2 N–H and O–H groups in total. The molecule has 0 saturated carbocycles. The summed E-state index contributed by atoms with van der Waals surface area (Å²) in [6.45, 7) is 2.86. The van der Waals surface area contributed by atoms with Crippen LogP contribution in [0, 0.1) is 12.8 Å². The van der Waals surface area contributed by atoms with E-state index < -0.39 is 5.97 Å². The standard InChI is InChI=1S/C14H18N2O4/c1-9-6-12(17)11(7-15-9)14(20)16-5-4-10(8-16)2-3-13(18)19/h6-7,10H,2-5,8H2,1H3,(H,15,17)(H,18,19). The lowest BCUT2D eigenvalue weighted by Gasteiger charge is -2.16. The van der Waals surface area contributed by atoms with Gasteiger partial charge in [0.05, 0.1) is 0 Å². The van der Waals surface area contributed by atoms with Crippen molar-refractivity contribution in [2.24, 2.45) is 5.92 Å². The van der Waals surface area contributed by atoms with Crippen LogP contribution >= 0.6 is 0 Å². The van der Waals surface area contributed by atoms with Gasteiger partial charge < -0.3 is 15.0 Å². The average molecular weight is 278 g/mol. The molecule has 1 aromatic rings. The molecule has 0 aliphatic carbocycles. The smallest absolute Gasteiger partial charge is 0.303 e. The fraction of sp³-hybridized carbons (Fsp3) is 0.500. The van der Waals surface area contributed by atoms with Crippen LogP contribution in [0.1, 0.15) is 35.3 Å². The first-order chi connectivity index (χ1) is 9.47. The third-order valence-corrected chi connectivity index (χ3v) is 3.63. The molecule has 6 heteroatoms. The van der Waals surface area contributed by atoms with Crippen LogP contribution in [-0.4, -0.2) is 40.0 Å². The Morgan fingerprint density at radius 2 is 2.25 bits per heavy atom. The Bertz CT molecular complexity index is 579. The number of rotatable bonds is 4. The SMILES string of the molecule is Cc1cc(=O)c(C(=O)N2CCC(CCC(=O)O)C2)c[nH]1. The van der Waals surface area contributed by atoms with Crippen molar-refractivity contribution < 1.29 is 14.7 Å². The van der Waals surface area contributed by atoms with E-state index in [0.29, 0.717) is 25.2 Å². The number of hydrogen-bond acceptors (Lipinski definition) is 3. The van der Waals surface area contributed by atoms with Gasteiger partial charge in [0.1, 0.15) is 5.56 Å². The molecule has 0 spiro atoms. The summed E-state index contributed by atoms with van der Waals surface area (Å²) < 4.78 is 0. The first-order valence-corrected chi connectivity index (χ1v) is 6.68. The van der Waals surface area contributed by atoms with Gasteiger partial charge in [0, 0.05) is 37.5 Å². The average Bonchev–Trinajstić information content (AvgIpc) is 2.84. The molecular formula is C14H18N2O4. The Balaban J connectivity index is 2.01. The second-order valence-corrected chi connectivity index (χ2v) is 5.23. The predicted octanol–water partition coefficient (Wildman–Crippen LogP) is 1.01. The van der Waals surface area contributed by atoms with Crippen molar-refractivity contribution in [2.45, 2.75) is 26.2 Å². The van der Waals surface area contributed by atoms with E-state index in [0.717, 1.165) is 6.42 Å². The molecule has 1 fully saturated rings. The Morgan fingerprint density at radius 1 is 1.50 bits per heavy atom. The van der Waals surface area contributed by atoms with Crippen LogP contribution in [0.2, 0.25) is 0 Å². The number of aryl methyl sites for hydroxylation is 1. The van der Waals surface area contributed by atoms with Crippen LogP contribution in [0.5, 0.6) is 0 Å². The predicted molar refractivity (Wildman–Crippen MR) is 72.7 cm³/mol. The normalized spacial score (nSPS) is 18.2. The van der Waals surface area contributed by atoms with Crippen LogP contribution in [0.15, 0.2) is 17.1 Å². The number of aromatic nitrogens is 1. The van der Waals surface area contributed by atoms with Gasteiger partial charge in [-0.05, 0) is 25.7 Å². The number of nitrogens with one attached hydrogen (secondary N) is 1. The number of aliphatic carboxylic acids is 1. The van der Waals surface area contributed by atoms with Crippen LogP contribution in [0.25, 0.3) is 0 Å². The zero-order valence-electron chi connectivity index (χ0n) is 11.4. The largest absolute Gasteiger partial charge is 0.481 e. The Morgan fingerprint density at radius 3 is 2.90 bits per heavy atom. The number of pyridine rings is 1. The van der Waals surface area contributed by atoms with Crippen molar-refractivity contribution >= 4 is 11.9 Å². The molecular weight excluding hydrogens is 260 g/mol. The maximum absolute atomic E-state index is 12.3. The summed E-state index contributed by atoms with van der Waals surface area (Å²) in [5.74, 6) is -0.881. The highest BCUT2D eigenvalue weighted by Gasteiger charge is 2.28. The summed E-state index contributed by atoms with van der Waals surface area (Å²) in [6.07, 6.45) is 2.94. The van der Waals surface area contributed by atoms with Gasteiger partial charge in [0.15, 0.2) is 5.43 Å². The molecule has 1 atom stereocenters. The van der Waals surface area contributed by atoms with Crippen LogP contribution in [0.4, 0.5) is 0 Å². The molecule has 2 rings (SSSR count). The molecule has 1 saturated heterocycles. The molecule has 1 aromatic heterocycles. The molecule has 108 valence electrons. The van der Waals surface area contributed by atoms with Crippen molar-refractivity contribution in [3.63, 3.8) is 0 Å². The summed E-state index contributed by atoms with van der Waals surface area (Å²) in [7, 11) is 0. The van der Waals surface area contributed by atoms with E-state index in [1.54, 1.807) is 11.8 Å². The fourth-order valence-corrected chi connectivity index (χ4v) is 2.49. The number of carboxylic acid groups (broad SMARTS) is 1. The summed E-state index contributed by atoms with van der Waals surface area (Å²) in [6, 6.07) is 1.41. The first kappa shape index (κ1) is 14.3. The second-order valence-electron chi connectivity index (χ2n) is 5.23. The van der Waals surface area contributed by atoms with Crippen LogP contribution in [-0.2, 0) is 4.79 Å². The summed E-state index contributed by atoms with van der Waals surface area (Å²) in [5, 5.41) is 8.66. The van der Waals surface area contributed by atoms with E-state index in [2.05, 4.69) is 4.98 Å². The van der Waals surface area contributed by atoms with Crippen molar-refractivity contribution in [3.05, 3.63) is 33.7 Å². The van der Waals surface area contributed by atoms with Crippen LogP contribution < -0.4 is 5.43 Å². The summed E-state index contributed by atoms with van der Waals surface area (Å²) in [5.41, 5.74) is 0.585. The minimum Gasteiger partial charge on any atom is -0.481 e. The van der Waals surface area contributed by atoms with E-state index >= 15 is 0 Å². The highest BCUT2D eigenvalue weighted by Crippen LogP contribution is 2.22. The minimum atomic E-state index is -0.815. The fourth-order valence-electron chi connectivity index (χ4n) is 2.49. The zero-order valence-corrected chi connectivity index (χ0v) is 11.4. The quantitative estimate of drug-likeness (QED) is 0.860. The van der Waals surface area contributed by atoms with E-state index in [9.17, 15) is 14.4 Å². The molecule has 1 amide bonds. The van der Waals surface area contributed by atoms with Crippen LogP contribution in [0.3, 0.4) is 0 Å². The summed E-state index contributed by atoms with van der Waals surface area (Å²) in [4.78, 5) is 39.1. The minimum absolute atomic E-state index is 0.123. The number of hydrogen-bond donors (Lipinski definition) is 2. The van der Waals surface area contributed by atoms with Gasteiger partial charge in [-0.2, -0.15) is 0 Å². The molecule has 2 heterocycles. The van der Waals surface area contributed by atoms with Gasteiger partial charge >= 0.3 is 5.97 Å².